The van der Waals surface area contributed by atoms with Crippen LogP contribution in [0.5, 0.6) is 5.75 Å². The molecule has 8 atom stereocenters. The van der Waals surface area contributed by atoms with Crippen LogP contribution in [-0.4, -0.2) is 50.1 Å². The van der Waals surface area contributed by atoms with Gasteiger partial charge in [0, 0.05) is 28.7 Å². The van der Waals surface area contributed by atoms with Gasteiger partial charge in [0.15, 0.2) is 0 Å². The minimum absolute atomic E-state index is 0.0392. The maximum absolute atomic E-state index is 12.8. The van der Waals surface area contributed by atoms with Crippen molar-refractivity contribution in [2.24, 2.45) is 23.2 Å². The third-order valence-electron chi connectivity index (χ3n) is 10.6. The Labute approximate surface area is 258 Å². The Morgan fingerprint density at radius 3 is 2.60 bits per heavy atom. The van der Waals surface area contributed by atoms with E-state index in [0.717, 1.165) is 74.9 Å². The van der Waals surface area contributed by atoms with Gasteiger partial charge in [-0.3, -0.25) is 4.21 Å². The van der Waals surface area contributed by atoms with Crippen molar-refractivity contribution in [3.8, 4) is 5.75 Å². The number of carbonyl (C=O) groups is 2. The highest BCUT2D eigenvalue weighted by atomic mass is 32.2. The number of unbranched alkanes of at least 4 members (excludes halogenated alkanes) is 1. The predicted octanol–water partition coefficient (Wildman–Crippen LogP) is 6.24. The van der Waals surface area contributed by atoms with E-state index < -0.39 is 28.9 Å². The molecule has 2 saturated carbocycles. The number of aliphatic hydroxyl groups excluding tert-OH is 1. The quantitative estimate of drug-likeness (QED) is 0.263. The Kier molecular flexibility index (Phi) is 10.3. The highest BCUT2D eigenvalue weighted by Crippen LogP contribution is 2.62. The highest BCUT2D eigenvalue weighted by molar-refractivity contribution is 7.84. The largest absolute Gasteiger partial charge is 0.480 e. The molecule has 7 nitrogen and oxygen atoms in total. The van der Waals surface area contributed by atoms with Crippen molar-refractivity contribution in [3.05, 3.63) is 65.2 Å². The standard InChI is InChI=1S/C35H47NO6S/c1-3-4-18-43(41)19-8-11-24-21-25-22-26(42-34(40)36-30(33(38)39)20-23-9-6-5-7-10-23)12-13-27(25)28-16-17-35(2)29(32(24)28)14-15-31(35)37/h5-7,9-10,12-13,22,24,28-32,37H,3-4,8,11,14-21H2,1-2H3,(H,36,40)(H,38,39)/t24-,28-,29+,30+,31+,32-,35+,43?/m1/s1. The lowest BCUT2D eigenvalue weighted by Crippen LogP contribution is -2.47. The molecule has 2 fully saturated rings. The van der Waals surface area contributed by atoms with Crippen LogP contribution >= 0.6 is 0 Å². The number of carboxylic acid groups (broad SMARTS) is 1. The van der Waals surface area contributed by atoms with Gasteiger partial charge < -0.3 is 20.3 Å². The van der Waals surface area contributed by atoms with Gasteiger partial charge in [0.25, 0.3) is 0 Å². The number of fused-ring (bicyclic) bond motifs is 5. The molecule has 3 N–H and O–H groups in total. The number of carbonyl (C=O) groups excluding carboxylic acids is 1. The van der Waals surface area contributed by atoms with E-state index in [9.17, 15) is 24.0 Å². The van der Waals surface area contributed by atoms with Gasteiger partial charge in [-0.25, -0.2) is 9.59 Å². The molecule has 0 spiro atoms. The van der Waals surface area contributed by atoms with Crippen LogP contribution in [0.1, 0.15) is 87.8 Å². The van der Waals surface area contributed by atoms with Crippen molar-refractivity contribution in [3.63, 3.8) is 0 Å². The number of carboxylic acids is 1. The number of nitrogens with one attached hydrogen (secondary N) is 1. The molecule has 234 valence electrons. The summed E-state index contributed by atoms with van der Waals surface area (Å²) in [5.41, 5.74) is 3.28. The van der Waals surface area contributed by atoms with Gasteiger partial charge in [-0.05, 0) is 109 Å². The van der Waals surface area contributed by atoms with Gasteiger partial charge in [-0.2, -0.15) is 0 Å². The van der Waals surface area contributed by atoms with Crippen LogP contribution in [0.2, 0.25) is 0 Å². The van der Waals surface area contributed by atoms with Crippen LogP contribution in [0, 0.1) is 23.2 Å². The molecule has 3 aliphatic carbocycles. The summed E-state index contributed by atoms with van der Waals surface area (Å²) in [6.45, 7) is 4.42. The molecule has 2 aromatic carbocycles. The Hall–Kier alpha value is -2.71. The highest BCUT2D eigenvalue weighted by Gasteiger charge is 2.56. The van der Waals surface area contributed by atoms with Crippen molar-refractivity contribution in [1.82, 2.24) is 5.32 Å². The van der Waals surface area contributed by atoms with Crippen molar-refractivity contribution >= 4 is 22.9 Å². The van der Waals surface area contributed by atoms with E-state index in [1.54, 1.807) is 0 Å². The van der Waals surface area contributed by atoms with E-state index >= 15 is 0 Å². The molecule has 0 aliphatic heterocycles. The molecule has 0 saturated heterocycles. The first-order chi connectivity index (χ1) is 20.7. The number of rotatable bonds is 12. The summed E-state index contributed by atoms with van der Waals surface area (Å²) >= 11 is 0. The SMILES string of the molecule is CCCCS(=O)CCC[C@@H]1Cc2cc(OC(=O)N[C@@H](Cc3ccccc3)C(=O)O)ccc2[C@H]2CC[C@]3(C)[C@@H](O)CC[C@H]3[C@H]12. The van der Waals surface area contributed by atoms with E-state index in [4.69, 9.17) is 4.74 Å². The number of amides is 1. The van der Waals surface area contributed by atoms with E-state index in [1.807, 2.05) is 42.5 Å². The number of ether oxygens (including phenoxy) is 1. The van der Waals surface area contributed by atoms with Gasteiger partial charge in [0.2, 0.25) is 0 Å². The minimum atomic E-state index is -1.11. The zero-order chi connectivity index (χ0) is 30.6. The second-order valence-electron chi connectivity index (χ2n) is 13.2. The summed E-state index contributed by atoms with van der Waals surface area (Å²) in [4.78, 5) is 24.7. The van der Waals surface area contributed by atoms with Crippen molar-refractivity contribution in [2.45, 2.75) is 96.1 Å². The maximum atomic E-state index is 12.8. The fourth-order valence-corrected chi connectivity index (χ4v) is 9.63. The summed E-state index contributed by atoms with van der Waals surface area (Å²) in [7, 11) is -0.777. The predicted molar refractivity (Wildman–Crippen MR) is 169 cm³/mol. The van der Waals surface area contributed by atoms with E-state index in [1.165, 1.54) is 11.1 Å². The second-order valence-corrected chi connectivity index (χ2v) is 14.9. The Morgan fingerprint density at radius 1 is 1.09 bits per heavy atom. The number of aliphatic hydroxyl groups is 1. The first kappa shape index (κ1) is 31.7. The molecule has 5 rings (SSSR count). The number of benzene rings is 2. The van der Waals surface area contributed by atoms with Gasteiger partial charge >= 0.3 is 12.1 Å². The summed E-state index contributed by atoms with van der Waals surface area (Å²) in [6.07, 6.45) is 7.97. The smallest absolute Gasteiger partial charge is 0.413 e. The molecule has 1 amide bonds. The van der Waals surface area contributed by atoms with Crippen LogP contribution in [0.3, 0.4) is 0 Å². The Morgan fingerprint density at radius 2 is 1.86 bits per heavy atom. The number of aliphatic carboxylic acids is 1. The fourth-order valence-electron chi connectivity index (χ4n) is 8.33. The average Bonchev–Trinajstić information content (AvgIpc) is 3.29. The minimum Gasteiger partial charge on any atom is -0.480 e. The summed E-state index contributed by atoms with van der Waals surface area (Å²) in [5.74, 6) is 2.59. The Bertz CT molecular complexity index is 1300. The van der Waals surface area contributed by atoms with Crippen LogP contribution in [0.15, 0.2) is 48.5 Å². The maximum Gasteiger partial charge on any atom is 0.413 e. The van der Waals surface area contributed by atoms with Crippen LogP contribution < -0.4 is 10.1 Å². The molecule has 0 bridgehead atoms. The second kappa shape index (κ2) is 13.9. The van der Waals surface area contributed by atoms with E-state index in [2.05, 4.69) is 25.2 Å². The molecule has 0 radical (unpaired) electrons. The molecule has 1 unspecified atom stereocenters. The first-order valence-corrected chi connectivity index (χ1v) is 17.6. The third-order valence-corrected chi connectivity index (χ3v) is 12.1. The van der Waals surface area contributed by atoms with Crippen LogP contribution in [0.4, 0.5) is 4.79 Å². The molecule has 0 heterocycles. The van der Waals surface area contributed by atoms with Crippen molar-refractivity contribution in [2.75, 3.05) is 11.5 Å². The zero-order valence-electron chi connectivity index (χ0n) is 25.5. The lowest BCUT2D eigenvalue weighted by atomic mass is 9.52. The first-order valence-electron chi connectivity index (χ1n) is 16.1. The topological polar surface area (TPSA) is 113 Å². The average molecular weight is 610 g/mol. The van der Waals surface area contributed by atoms with Crippen LogP contribution in [-0.2, 0) is 28.4 Å². The van der Waals surface area contributed by atoms with Gasteiger partial charge in [-0.15, -0.1) is 0 Å². The van der Waals surface area contributed by atoms with E-state index in [0.29, 0.717) is 29.4 Å². The van der Waals surface area contributed by atoms with Crippen molar-refractivity contribution < 1.29 is 28.7 Å². The lowest BCUT2D eigenvalue weighted by Gasteiger charge is -2.53. The van der Waals surface area contributed by atoms with Crippen molar-refractivity contribution in [1.29, 1.82) is 0 Å². The monoisotopic (exact) mass is 609 g/mol. The molecule has 0 aromatic heterocycles. The molecule has 43 heavy (non-hydrogen) atoms. The molecule has 2 aromatic rings. The number of hydrogen-bond acceptors (Lipinski definition) is 5. The Balaban J connectivity index is 1.31. The molecule has 3 aliphatic rings. The summed E-state index contributed by atoms with van der Waals surface area (Å²) < 4.78 is 18.2. The molecular weight excluding hydrogens is 562 g/mol. The third kappa shape index (κ3) is 7.17. The fraction of sp³-hybridized carbons (Fsp3) is 0.600. The summed E-state index contributed by atoms with van der Waals surface area (Å²) in [5, 5.41) is 23.2. The normalized spacial score (nSPS) is 29.0. The molecular formula is C35H47NO6S. The number of hydrogen-bond donors (Lipinski definition) is 3. The van der Waals surface area contributed by atoms with Gasteiger partial charge in [0.05, 0.1) is 6.10 Å². The lowest BCUT2D eigenvalue weighted by molar-refractivity contribution is -0.139. The zero-order valence-corrected chi connectivity index (χ0v) is 26.3. The summed E-state index contributed by atoms with van der Waals surface area (Å²) in [6, 6.07) is 14.0. The van der Waals surface area contributed by atoms with Crippen LogP contribution in [0.25, 0.3) is 0 Å². The van der Waals surface area contributed by atoms with Gasteiger partial charge in [-0.1, -0.05) is 56.7 Å². The molecule has 8 heteroatoms. The van der Waals surface area contributed by atoms with Gasteiger partial charge in [0.1, 0.15) is 11.8 Å². The van der Waals surface area contributed by atoms with E-state index in [-0.39, 0.29) is 17.9 Å².